The second-order valence-electron chi connectivity index (χ2n) is 4.45. The van der Waals surface area contributed by atoms with Gasteiger partial charge in [0.05, 0.1) is 5.69 Å². The number of nitrogens with one attached hydrogen (secondary N) is 1. The molecule has 20 heavy (non-hydrogen) atoms. The third kappa shape index (κ3) is 3.01. The van der Waals surface area contributed by atoms with E-state index in [4.69, 9.17) is 0 Å². The molecule has 0 aliphatic heterocycles. The Morgan fingerprint density at radius 2 is 1.80 bits per heavy atom. The third-order valence-electron chi connectivity index (χ3n) is 3.06. The summed E-state index contributed by atoms with van der Waals surface area (Å²) in [6, 6.07) is 18.6. The zero-order valence-electron chi connectivity index (χ0n) is 10.8. The fourth-order valence-corrected chi connectivity index (χ4v) is 2.57. The van der Waals surface area contributed by atoms with Gasteiger partial charge in [-0.1, -0.05) is 24.3 Å². The topological polar surface area (TPSA) is 29.9 Å². The molecule has 0 fully saturated rings. The predicted octanol–water partition coefficient (Wildman–Crippen LogP) is 4.09. The molecule has 0 aliphatic rings. The molecule has 3 rings (SSSR count). The van der Waals surface area contributed by atoms with Crippen LogP contribution in [-0.2, 0) is 6.54 Å². The second-order valence-corrected chi connectivity index (χ2v) is 5.61. The standard InChI is InChI=1S/C16H14IN3/c17-15-4-1-2-5-16(15)18-12-13-6-8-14(9-7-13)20-11-3-10-19-20/h1-11,18H,12H2. The van der Waals surface area contributed by atoms with E-state index >= 15 is 0 Å². The van der Waals surface area contributed by atoms with Crippen molar-refractivity contribution in [3.8, 4) is 5.69 Å². The number of nitrogens with zero attached hydrogens (tertiary/aromatic N) is 2. The summed E-state index contributed by atoms with van der Waals surface area (Å²) >= 11 is 2.34. The molecule has 0 spiro atoms. The number of hydrogen-bond donors (Lipinski definition) is 1. The van der Waals surface area contributed by atoms with Crippen molar-refractivity contribution in [3.63, 3.8) is 0 Å². The van der Waals surface area contributed by atoms with Crippen LogP contribution in [0.1, 0.15) is 5.56 Å². The van der Waals surface area contributed by atoms with Crippen molar-refractivity contribution < 1.29 is 0 Å². The Kier molecular flexibility index (Phi) is 4.01. The quantitative estimate of drug-likeness (QED) is 0.697. The van der Waals surface area contributed by atoms with Gasteiger partial charge in [-0.2, -0.15) is 5.10 Å². The summed E-state index contributed by atoms with van der Waals surface area (Å²) in [7, 11) is 0. The number of rotatable bonds is 4. The Bertz CT molecular complexity index is 675. The Morgan fingerprint density at radius 3 is 2.50 bits per heavy atom. The minimum atomic E-state index is 0.819. The molecule has 1 heterocycles. The lowest BCUT2D eigenvalue weighted by molar-refractivity contribution is 0.879. The van der Waals surface area contributed by atoms with Crippen LogP contribution in [0.2, 0.25) is 0 Å². The van der Waals surface area contributed by atoms with Crippen LogP contribution in [0.25, 0.3) is 5.69 Å². The highest BCUT2D eigenvalue weighted by Gasteiger charge is 1.99. The van der Waals surface area contributed by atoms with Gasteiger partial charge in [-0.3, -0.25) is 0 Å². The molecule has 3 aromatic rings. The highest BCUT2D eigenvalue weighted by atomic mass is 127. The summed E-state index contributed by atoms with van der Waals surface area (Å²) in [6.07, 6.45) is 3.73. The number of benzene rings is 2. The lowest BCUT2D eigenvalue weighted by atomic mass is 10.2. The summed E-state index contributed by atoms with van der Waals surface area (Å²) in [6.45, 7) is 0.819. The molecule has 0 aliphatic carbocycles. The lowest BCUT2D eigenvalue weighted by Gasteiger charge is -2.09. The van der Waals surface area contributed by atoms with Crippen LogP contribution in [-0.4, -0.2) is 9.78 Å². The van der Waals surface area contributed by atoms with E-state index < -0.39 is 0 Å². The fraction of sp³-hybridized carbons (Fsp3) is 0.0625. The minimum absolute atomic E-state index is 0.819. The largest absolute Gasteiger partial charge is 0.380 e. The predicted molar refractivity (Wildman–Crippen MR) is 90.0 cm³/mol. The van der Waals surface area contributed by atoms with E-state index in [2.05, 4.69) is 69.4 Å². The molecule has 0 unspecified atom stereocenters. The van der Waals surface area contributed by atoms with Crippen molar-refractivity contribution in [1.29, 1.82) is 0 Å². The van der Waals surface area contributed by atoms with Crippen molar-refractivity contribution >= 4 is 28.3 Å². The van der Waals surface area contributed by atoms with Crippen molar-refractivity contribution in [1.82, 2.24) is 9.78 Å². The summed E-state index contributed by atoms with van der Waals surface area (Å²) in [5.74, 6) is 0. The second kappa shape index (κ2) is 6.09. The number of hydrogen-bond acceptors (Lipinski definition) is 2. The Morgan fingerprint density at radius 1 is 1.00 bits per heavy atom. The van der Waals surface area contributed by atoms with Gasteiger partial charge in [-0.05, 0) is 58.5 Å². The van der Waals surface area contributed by atoms with Gasteiger partial charge in [0, 0.05) is 28.2 Å². The van der Waals surface area contributed by atoms with E-state index in [-0.39, 0.29) is 0 Å². The molecule has 100 valence electrons. The molecule has 1 aromatic heterocycles. The highest BCUT2D eigenvalue weighted by molar-refractivity contribution is 14.1. The van der Waals surface area contributed by atoms with Crippen LogP contribution in [0.15, 0.2) is 67.0 Å². The van der Waals surface area contributed by atoms with Crippen LogP contribution in [0, 0.1) is 3.57 Å². The first-order valence-electron chi connectivity index (χ1n) is 6.40. The van der Waals surface area contributed by atoms with Gasteiger partial charge in [-0.25, -0.2) is 4.68 Å². The molecule has 0 radical (unpaired) electrons. The number of aromatic nitrogens is 2. The molecular weight excluding hydrogens is 361 g/mol. The Hall–Kier alpha value is -1.82. The maximum Gasteiger partial charge on any atom is 0.0645 e. The average Bonchev–Trinajstić information content (AvgIpc) is 3.01. The van der Waals surface area contributed by atoms with Gasteiger partial charge in [0.15, 0.2) is 0 Å². The van der Waals surface area contributed by atoms with Crippen LogP contribution in [0.4, 0.5) is 5.69 Å². The van der Waals surface area contributed by atoms with Gasteiger partial charge in [0.25, 0.3) is 0 Å². The van der Waals surface area contributed by atoms with Crippen LogP contribution < -0.4 is 5.32 Å². The zero-order valence-corrected chi connectivity index (χ0v) is 13.0. The summed E-state index contributed by atoms with van der Waals surface area (Å²) < 4.78 is 3.09. The smallest absolute Gasteiger partial charge is 0.0645 e. The van der Waals surface area contributed by atoms with Gasteiger partial charge in [0.1, 0.15) is 0 Å². The first-order chi connectivity index (χ1) is 9.83. The normalized spacial score (nSPS) is 10.4. The number of anilines is 1. The maximum atomic E-state index is 4.22. The fourth-order valence-electron chi connectivity index (χ4n) is 1.99. The van der Waals surface area contributed by atoms with Gasteiger partial charge in [0.2, 0.25) is 0 Å². The maximum absolute atomic E-state index is 4.22. The van der Waals surface area contributed by atoms with Crippen molar-refractivity contribution in [2.24, 2.45) is 0 Å². The lowest BCUT2D eigenvalue weighted by Crippen LogP contribution is -2.01. The molecular formula is C16H14IN3. The number of para-hydroxylation sites is 1. The van der Waals surface area contributed by atoms with E-state index in [9.17, 15) is 0 Å². The van der Waals surface area contributed by atoms with E-state index in [1.54, 1.807) is 6.20 Å². The molecule has 0 amide bonds. The molecule has 0 bridgehead atoms. The summed E-state index contributed by atoms with van der Waals surface area (Å²) in [5.41, 5.74) is 3.50. The molecule has 0 saturated heterocycles. The first-order valence-corrected chi connectivity index (χ1v) is 7.48. The van der Waals surface area contributed by atoms with Gasteiger partial charge in [-0.15, -0.1) is 0 Å². The minimum Gasteiger partial charge on any atom is -0.380 e. The van der Waals surface area contributed by atoms with Crippen LogP contribution >= 0.6 is 22.6 Å². The highest BCUT2D eigenvalue weighted by Crippen LogP contribution is 2.18. The van der Waals surface area contributed by atoms with Gasteiger partial charge < -0.3 is 5.32 Å². The molecule has 3 nitrogen and oxygen atoms in total. The SMILES string of the molecule is Ic1ccccc1NCc1ccc(-n2cccn2)cc1. The Labute approximate surface area is 131 Å². The Balaban J connectivity index is 1.68. The monoisotopic (exact) mass is 375 g/mol. The van der Waals surface area contributed by atoms with Gasteiger partial charge >= 0.3 is 0 Å². The van der Waals surface area contributed by atoms with E-state index in [0.717, 1.165) is 12.2 Å². The zero-order chi connectivity index (χ0) is 13.8. The molecule has 1 N–H and O–H groups in total. The van der Waals surface area contributed by atoms with Crippen molar-refractivity contribution in [2.75, 3.05) is 5.32 Å². The molecule has 4 heteroatoms. The van der Waals surface area contributed by atoms with E-state index in [0.29, 0.717) is 0 Å². The van der Waals surface area contributed by atoms with Crippen LogP contribution in [0.5, 0.6) is 0 Å². The molecule has 2 aromatic carbocycles. The first kappa shape index (κ1) is 13.2. The van der Waals surface area contributed by atoms with E-state index in [1.807, 2.05) is 29.1 Å². The van der Waals surface area contributed by atoms with Crippen molar-refractivity contribution in [2.45, 2.75) is 6.54 Å². The third-order valence-corrected chi connectivity index (χ3v) is 4.00. The summed E-state index contributed by atoms with van der Waals surface area (Å²) in [4.78, 5) is 0. The van der Waals surface area contributed by atoms with Crippen molar-refractivity contribution in [3.05, 3.63) is 76.1 Å². The van der Waals surface area contributed by atoms with Crippen LogP contribution in [0.3, 0.4) is 0 Å². The molecule has 0 saturated carbocycles. The molecule has 0 atom stereocenters. The summed E-state index contributed by atoms with van der Waals surface area (Å²) in [5, 5.41) is 7.67. The van der Waals surface area contributed by atoms with E-state index in [1.165, 1.54) is 14.8 Å². The average molecular weight is 375 g/mol. The number of halogens is 1.